The van der Waals surface area contributed by atoms with Gasteiger partial charge in [-0.25, -0.2) is 5.43 Å². The van der Waals surface area contributed by atoms with Crippen LogP contribution in [0.4, 0.5) is 5.69 Å². The maximum Gasteiger partial charge on any atom is 0.267 e. The van der Waals surface area contributed by atoms with Crippen molar-refractivity contribution in [1.29, 1.82) is 0 Å². The van der Waals surface area contributed by atoms with Crippen LogP contribution in [0.25, 0.3) is 0 Å². The van der Waals surface area contributed by atoms with Gasteiger partial charge in [-0.05, 0) is 24.1 Å². The van der Waals surface area contributed by atoms with Crippen LogP contribution in [0.15, 0.2) is 23.3 Å². The summed E-state index contributed by atoms with van der Waals surface area (Å²) in [4.78, 5) is 34.5. The highest BCUT2D eigenvalue weighted by Gasteiger charge is 2.18. The Morgan fingerprint density at radius 1 is 1.21 bits per heavy atom. The van der Waals surface area contributed by atoms with Crippen LogP contribution >= 0.6 is 0 Å². The molecule has 0 saturated carbocycles. The summed E-state index contributed by atoms with van der Waals surface area (Å²) in [6, 6.07) is 5.57. The fourth-order valence-electron chi connectivity index (χ4n) is 2.48. The summed E-state index contributed by atoms with van der Waals surface area (Å²) in [5, 5.41) is 9.34. The van der Waals surface area contributed by atoms with E-state index in [1.54, 1.807) is 0 Å². The molecule has 3 N–H and O–H groups in total. The Balaban J connectivity index is 1.54. The molecule has 1 aromatic rings. The molecule has 126 valence electrons. The van der Waals surface area contributed by atoms with Crippen LogP contribution in [0.1, 0.15) is 24.8 Å². The molecule has 1 aromatic carbocycles. The Morgan fingerprint density at radius 3 is 2.88 bits per heavy atom. The van der Waals surface area contributed by atoms with Crippen LogP contribution in [0.3, 0.4) is 0 Å². The zero-order valence-corrected chi connectivity index (χ0v) is 13.1. The SMILES string of the molecule is O=C1CCC(C(=O)NCCc2ccc3c(c2)NC(=O)CCO3)=NN1. The molecule has 24 heavy (non-hydrogen) atoms. The van der Waals surface area contributed by atoms with Crippen molar-refractivity contribution in [3.8, 4) is 5.75 Å². The lowest BCUT2D eigenvalue weighted by molar-refractivity contribution is -0.121. The lowest BCUT2D eigenvalue weighted by Gasteiger charge is -2.12. The fraction of sp³-hybridized carbons (Fsp3) is 0.375. The zero-order valence-electron chi connectivity index (χ0n) is 13.1. The van der Waals surface area contributed by atoms with Gasteiger partial charge in [0, 0.05) is 19.4 Å². The number of rotatable bonds is 4. The normalized spacial score (nSPS) is 16.8. The van der Waals surface area contributed by atoms with Crippen LogP contribution in [-0.4, -0.2) is 36.6 Å². The summed E-state index contributed by atoms with van der Waals surface area (Å²) in [6.07, 6.45) is 1.56. The average Bonchev–Trinajstić information content (AvgIpc) is 2.75. The molecule has 2 heterocycles. The van der Waals surface area contributed by atoms with Crippen molar-refractivity contribution in [2.45, 2.75) is 25.7 Å². The number of nitrogens with one attached hydrogen (secondary N) is 3. The van der Waals surface area contributed by atoms with E-state index in [2.05, 4.69) is 21.2 Å². The van der Waals surface area contributed by atoms with Gasteiger partial charge in [-0.15, -0.1) is 0 Å². The largest absolute Gasteiger partial charge is 0.491 e. The fourth-order valence-corrected chi connectivity index (χ4v) is 2.48. The highest BCUT2D eigenvalue weighted by molar-refractivity contribution is 6.39. The summed E-state index contributed by atoms with van der Waals surface area (Å²) in [5.74, 6) is 0.125. The van der Waals surface area contributed by atoms with Crippen molar-refractivity contribution in [2.75, 3.05) is 18.5 Å². The first-order valence-electron chi connectivity index (χ1n) is 7.81. The smallest absolute Gasteiger partial charge is 0.267 e. The van der Waals surface area contributed by atoms with E-state index in [1.165, 1.54) is 0 Å². The molecule has 0 saturated heterocycles. The summed E-state index contributed by atoms with van der Waals surface area (Å²) < 4.78 is 5.50. The van der Waals surface area contributed by atoms with Crippen molar-refractivity contribution in [3.05, 3.63) is 23.8 Å². The Labute approximate surface area is 138 Å². The standard InChI is InChI=1S/C16H18N4O4/c21-14-6-8-24-13-3-1-10(9-12(13)18-14)5-7-17-16(23)11-2-4-15(22)20-19-11/h1,3,9H,2,4-8H2,(H,17,23)(H,18,21)(H,20,22). The third-order valence-corrected chi connectivity index (χ3v) is 3.77. The summed E-state index contributed by atoms with van der Waals surface area (Å²) in [7, 11) is 0. The molecule has 0 radical (unpaired) electrons. The number of carbonyl (C=O) groups is 3. The highest BCUT2D eigenvalue weighted by atomic mass is 16.5. The van der Waals surface area contributed by atoms with Crippen molar-refractivity contribution in [2.24, 2.45) is 5.10 Å². The number of hydrazone groups is 1. The van der Waals surface area contributed by atoms with E-state index in [0.717, 1.165) is 5.56 Å². The molecule has 2 aliphatic rings. The maximum atomic E-state index is 11.9. The molecule has 0 aliphatic carbocycles. The van der Waals surface area contributed by atoms with Gasteiger partial charge in [-0.1, -0.05) is 6.07 Å². The number of anilines is 1. The van der Waals surface area contributed by atoms with Gasteiger partial charge in [-0.2, -0.15) is 5.10 Å². The summed E-state index contributed by atoms with van der Waals surface area (Å²) in [6.45, 7) is 0.798. The van der Waals surface area contributed by atoms with E-state index in [1.807, 2.05) is 18.2 Å². The van der Waals surface area contributed by atoms with Crippen molar-refractivity contribution in [3.63, 3.8) is 0 Å². The molecule has 0 atom stereocenters. The molecule has 0 spiro atoms. The molecule has 3 rings (SSSR count). The number of amides is 3. The Bertz CT molecular complexity index is 714. The minimum atomic E-state index is -0.276. The number of benzene rings is 1. The van der Waals surface area contributed by atoms with Gasteiger partial charge in [0.1, 0.15) is 11.5 Å². The van der Waals surface area contributed by atoms with E-state index < -0.39 is 0 Å². The van der Waals surface area contributed by atoms with Crippen LogP contribution in [0, 0.1) is 0 Å². The average molecular weight is 330 g/mol. The lowest BCUT2D eigenvalue weighted by Crippen LogP contribution is -2.37. The minimum absolute atomic E-state index is 0.0726. The number of nitrogens with zero attached hydrogens (tertiary/aromatic N) is 1. The molecule has 0 aromatic heterocycles. The predicted octanol–water partition coefficient (Wildman–Crippen LogP) is 0.332. The van der Waals surface area contributed by atoms with E-state index in [4.69, 9.17) is 4.74 Å². The Hall–Kier alpha value is -2.90. The van der Waals surface area contributed by atoms with Crippen LogP contribution < -0.4 is 20.8 Å². The molecular weight excluding hydrogens is 312 g/mol. The first kappa shape index (κ1) is 16.0. The number of ether oxygens (including phenoxy) is 1. The first-order valence-corrected chi connectivity index (χ1v) is 7.81. The molecule has 2 aliphatic heterocycles. The van der Waals surface area contributed by atoms with Crippen LogP contribution in [0.2, 0.25) is 0 Å². The van der Waals surface area contributed by atoms with E-state index in [9.17, 15) is 14.4 Å². The van der Waals surface area contributed by atoms with E-state index in [-0.39, 0.29) is 24.1 Å². The third kappa shape index (κ3) is 3.89. The number of carbonyl (C=O) groups excluding carboxylic acids is 3. The topological polar surface area (TPSA) is 109 Å². The number of fused-ring (bicyclic) bond motifs is 1. The summed E-state index contributed by atoms with van der Waals surface area (Å²) in [5.41, 5.74) is 4.25. The van der Waals surface area contributed by atoms with Crippen molar-refractivity contribution in [1.82, 2.24) is 10.7 Å². The first-order chi connectivity index (χ1) is 11.6. The van der Waals surface area contributed by atoms with Crippen LogP contribution in [-0.2, 0) is 20.8 Å². The number of hydrogen-bond acceptors (Lipinski definition) is 5. The number of hydrogen-bond donors (Lipinski definition) is 3. The third-order valence-electron chi connectivity index (χ3n) is 3.77. The molecule has 3 amide bonds. The Kier molecular flexibility index (Phi) is 4.74. The molecular formula is C16H18N4O4. The van der Waals surface area contributed by atoms with Gasteiger partial charge in [-0.3, -0.25) is 14.4 Å². The van der Waals surface area contributed by atoms with Gasteiger partial charge >= 0.3 is 0 Å². The lowest BCUT2D eigenvalue weighted by atomic mass is 10.1. The van der Waals surface area contributed by atoms with Gasteiger partial charge in [0.15, 0.2) is 0 Å². The molecule has 0 bridgehead atoms. The quantitative estimate of drug-likeness (QED) is 0.739. The van der Waals surface area contributed by atoms with Crippen LogP contribution in [0.5, 0.6) is 5.75 Å². The molecule has 8 heteroatoms. The molecule has 0 fully saturated rings. The second kappa shape index (κ2) is 7.12. The molecule has 0 unspecified atom stereocenters. The monoisotopic (exact) mass is 330 g/mol. The maximum absolute atomic E-state index is 11.9. The Morgan fingerprint density at radius 2 is 2.08 bits per heavy atom. The van der Waals surface area contributed by atoms with E-state index >= 15 is 0 Å². The minimum Gasteiger partial charge on any atom is -0.491 e. The molecule has 8 nitrogen and oxygen atoms in total. The summed E-state index contributed by atoms with van der Waals surface area (Å²) >= 11 is 0. The van der Waals surface area contributed by atoms with Crippen molar-refractivity contribution < 1.29 is 19.1 Å². The van der Waals surface area contributed by atoms with E-state index in [0.29, 0.717) is 49.6 Å². The zero-order chi connectivity index (χ0) is 16.9. The van der Waals surface area contributed by atoms with Gasteiger partial charge in [0.25, 0.3) is 5.91 Å². The highest BCUT2D eigenvalue weighted by Crippen LogP contribution is 2.28. The predicted molar refractivity (Wildman–Crippen MR) is 86.7 cm³/mol. The van der Waals surface area contributed by atoms with Crippen molar-refractivity contribution >= 4 is 29.1 Å². The van der Waals surface area contributed by atoms with Gasteiger partial charge in [0.2, 0.25) is 11.8 Å². The van der Waals surface area contributed by atoms with Gasteiger partial charge < -0.3 is 15.4 Å². The second-order valence-electron chi connectivity index (χ2n) is 5.58. The van der Waals surface area contributed by atoms with Gasteiger partial charge in [0.05, 0.1) is 18.7 Å². The second-order valence-corrected chi connectivity index (χ2v) is 5.58.